The first-order chi connectivity index (χ1) is 14.2. The Hall–Kier alpha value is -2.65. The predicted molar refractivity (Wildman–Crippen MR) is 119 cm³/mol. The number of rotatable bonds is 6. The lowest BCUT2D eigenvalue weighted by molar-refractivity contribution is -0.113. The van der Waals surface area contributed by atoms with E-state index in [1.54, 1.807) is 6.33 Å². The van der Waals surface area contributed by atoms with Gasteiger partial charge in [-0.25, -0.2) is 15.0 Å². The molecular formula is C20H22N6OS2. The van der Waals surface area contributed by atoms with Gasteiger partial charge in [-0.15, -0.1) is 11.3 Å². The molecule has 0 unspecified atom stereocenters. The quantitative estimate of drug-likeness (QED) is 0.479. The number of amides is 1. The Morgan fingerprint density at radius 1 is 1.14 bits per heavy atom. The summed E-state index contributed by atoms with van der Waals surface area (Å²) in [4.78, 5) is 29.8. The Morgan fingerprint density at radius 3 is 2.62 bits per heavy atom. The maximum atomic E-state index is 12.1. The second kappa shape index (κ2) is 9.23. The lowest BCUT2D eigenvalue weighted by Gasteiger charge is -2.36. The third kappa shape index (κ3) is 5.24. The molecule has 1 fully saturated rings. The molecule has 150 valence electrons. The molecule has 0 spiro atoms. The van der Waals surface area contributed by atoms with Crippen LogP contribution in [-0.2, 0) is 4.79 Å². The first-order valence-electron chi connectivity index (χ1n) is 9.39. The molecule has 0 radical (unpaired) electrons. The first kappa shape index (κ1) is 19.7. The van der Waals surface area contributed by atoms with Crippen molar-refractivity contribution in [1.82, 2.24) is 15.0 Å². The average molecular weight is 427 g/mol. The van der Waals surface area contributed by atoms with Gasteiger partial charge in [0.05, 0.1) is 11.4 Å². The molecule has 0 bridgehead atoms. The fraction of sp³-hybridized carbons (Fsp3) is 0.300. The van der Waals surface area contributed by atoms with Crippen LogP contribution in [0.4, 0.5) is 16.6 Å². The maximum Gasteiger partial charge on any atom is 0.236 e. The van der Waals surface area contributed by atoms with Crippen molar-refractivity contribution < 1.29 is 4.79 Å². The van der Waals surface area contributed by atoms with Crippen molar-refractivity contribution in [3.8, 4) is 0 Å². The average Bonchev–Trinajstić information content (AvgIpc) is 3.18. The van der Waals surface area contributed by atoms with Crippen molar-refractivity contribution in [3.63, 3.8) is 0 Å². The Balaban J connectivity index is 1.30. The van der Waals surface area contributed by atoms with Gasteiger partial charge in [0.2, 0.25) is 5.91 Å². The van der Waals surface area contributed by atoms with E-state index in [-0.39, 0.29) is 11.7 Å². The number of anilines is 3. The number of piperazine rings is 1. The summed E-state index contributed by atoms with van der Waals surface area (Å²) < 4.78 is 0. The van der Waals surface area contributed by atoms with E-state index in [9.17, 15) is 4.79 Å². The molecule has 7 nitrogen and oxygen atoms in total. The van der Waals surface area contributed by atoms with Gasteiger partial charge in [0.1, 0.15) is 17.2 Å². The number of hydrogen-bond donors (Lipinski definition) is 1. The molecule has 1 amide bonds. The number of carbonyl (C=O) groups is 1. The molecule has 4 rings (SSSR count). The summed E-state index contributed by atoms with van der Waals surface area (Å²) in [5, 5.41) is 6.16. The molecule has 9 heteroatoms. The molecule has 0 saturated carbocycles. The van der Waals surface area contributed by atoms with Crippen LogP contribution in [0.5, 0.6) is 0 Å². The monoisotopic (exact) mass is 426 g/mol. The summed E-state index contributed by atoms with van der Waals surface area (Å²) in [7, 11) is 0. The van der Waals surface area contributed by atoms with E-state index in [0.29, 0.717) is 5.13 Å². The molecule has 1 saturated heterocycles. The van der Waals surface area contributed by atoms with Crippen molar-refractivity contribution in [2.24, 2.45) is 0 Å². The summed E-state index contributed by atoms with van der Waals surface area (Å²) in [5.74, 6) is 1.11. The van der Waals surface area contributed by atoms with Crippen LogP contribution in [0.15, 0.2) is 53.1 Å². The van der Waals surface area contributed by atoms with Gasteiger partial charge in [0.15, 0.2) is 5.13 Å². The van der Waals surface area contributed by atoms with Crippen LogP contribution in [0.2, 0.25) is 0 Å². The fourth-order valence-electron chi connectivity index (χ4n) is 3.12. The SMILES string of the molecule is Cc1csc(NC(=O)CSc2cc(N3CCN(c4ccccc4)CC3)ncn2)n1. The van der Waals surface area contributed by atoms with Gasteiger partial charge in [0.25, 0.3) is 0 Å². The van der Waals surface area contributed by atoms with E-state index in [2.05, 4.69) is 54.3 Å². The van der Waals surface area contributed by atoms with Crippen LogP contribution in [0.25, 0.3) is 0 Å². The third-order valence-corrected chi connectivity index (χ3v) is 6.37. The summed E-state index contributed by atoms with van der Waals surface area (Å²) >= 11 is 2.84. The highest BCUT2D eigenvalue weighted by Crippen LogP contribution is 2.23. The Labute approximate surface area is 178 Å². The van der Waals surface area contributed by atoms with Crippen molar-refractivity contribution in [2.45, 2.75) is 11.9 Å². The van der Waals surface area contributed by atoms with Gasteiger partial charge in [-0.2, -0.15) is 0 Å². The minimum atomic E-state index is -0.0824. The van der Waals surface area contributed by atoms with E-state index < -0.39 is 0 Å². The highest BCUT2D eigenvalue weighted by molar-refractivity contribution is 7.99. The van der Waals surface area contributed by atoms with Gasteiger partial charge in [0, 0.05) is 43.3 Å². The summed E-state index contributed by atoms with van der Waals surface area (Å²) in [6.45, 7) is 5.61. The second-order valence-corrected chi connectivity index (χ2v) is 8.51. The van der Waals surface area contributed by atoms with Gasteiger partial charge < -0.3 is 15.1 Å². The molecule has 0 aliphatic carbocycles. The number of nitrogens with zero attached hydrogens (tertiary/aromatic N) is 5. The van der Waals surface area contributed by atoms with E-state index in [0.717, 1.165) is 42.7 Å². The largest absolute Gasteiger partial charge is 0.368 e. The molecular weight excluding hydrogens is 404 g/mol. The summed E-state index contributed by atoms with van der Waals surface area (Å²) in [6.07, 6.45) is 1.57. The zero-order valence-electron chi connectivity index (χ0n) is 16.1. The number of thioether (sulfide) groups is 1. The molecule has 1 aromatic carbocycles. The maximum absolute atomic E-state index is 12.1. The molecule has 1 N–H and O–H groups in total. The number of aromatic nitrogens is 3. The second-order valence-electron chi connectivity index (χ2n) is 6.65. The fourth-order valence-corrected chi connectivity index (χ4v) is 4.49. The predicted octanol–water partition coefficient (Wildman–Crippen LogP) is 3.30. The molecule has 0 atom stereocenters. The normalized spacial score (nSPS) is 14.1. The Bertz CT molecular complexity index is 956. The van der Waals surface area contributed by atoms with Crippen molar-refractivity contribution in [3.05, 3.63) is 53.8 Å². The van der Waals surface area contributed by atoms with E-state index >= 15 is 0 Å². The number of aryl methyl sites for hydroxylation is 1. The lowest BCUT2D eigenvalue weighted by atomic mass is 10.2. The molecule has 1 aliphatic rings. The minimum Gasteiger partial charge on any atom is -0.368 e. The van der Waals surface area contributed by atoms with Crippen molar-refractivity contribution >= 4 is 45.6 Å². The Kier molecular flexibility index (Phi) is 6.26. The Morgan fingerprint density at radius 2 is 1.90 bits per heavy atom. The number of hydrogen-bond acceptors (Lipinski definition) is 8. The zero-order valence-corrected chi connectivity index (χ0v) is 17.7. The summed E-state index contributed by atoms with van der Waals surface area (Å²) in [5.41, 5.74) is 2.17. The number of thiazole rings is 1. The minimum absolute atomic E-state index is 0.0824. The van der Waals surface area contributed by atoms with Gasteiger partial charge in [-0.05, 0) is 19.1 Å². The molecule has 1 aliphatic heterocycles. The third-order valence-electron chi connectivity index (χ3n) is 4.57. The van der Waals surface area contributed by atoms with Crippen LogP contribution < -0.4 is 15.1 Å². The van der Waals surface area contributed by atoms with Gasteiger partial charge in [-0.1, -0.05) is 30.0 Å². The van der Waals surface area contributed by atoms with E-state index in [1.807, 2.05) is 24.4 Å². The lowest BCUT2D eigenvalue weighted by Crippen LogP contribution is -2.46. The number of benzene rings is 1. The highest BCUT2D eigenvalue weighted by atomic mass is 32.2. The van der Waals surface area contributed by atoms with E-state index in [4.69, 9.17) is 0 Å². The summed E-state index contributed by atoms with van der Waals surface area (Å²) in [6, 6.07) is 12.4. The van der Waals surface area contributed by atoms with Crippen LogP contribution in [0, 0.1) is 6.92 Å². The standard InChI is InChI=1S/C20H22N6OS2/c1-15-12-29-20(23-15)24-18(27)13-28-19-11-17(21-14-22-19)26-9-7-25(8-10-26)16-5-3-2-4-6-16/h2-6,11-12,14H,7-10,13H2,1H3,(H,23,24,27). The first-order valence-corrected chi connectivity index (χ1v) is 11.3. The highest BCUT2D eigenvalue weighted by Gasteiger charge is 2.19. The van der Waals surface area contributed by atoms with Gasteiger partial charge >= 0.3 is 0 Å². The number of nitrogens with one attached hydrogen (secondary N) is 1. The molecule has 2 aromatic heterocycles. The van der Waals surface area contributed by atoms with Crippen LogP contribution >= 0.6 is 23.1 Å². The zero-order chi connectivity index (χ0) is 20.1. The van der Waals surface area contributed by atoms with Crippen molar-refractivity contribution in [2.75, 3.05) is 47.0 Å². The number of para-hydroxylation sites is 1. The van der Waals surface area contributed by atoms with E-state index in [1.165, 1.54) is 28.8 Å². The topological polar surface area (TPSA) is 74.2 Å². The van der Waals surface area contributed by atoms with Gasteiger partial charge in [-0.3, -0.25) is 4.79 Å². The molecule has 29 heavy (non-hydrogen) atoms. The smallest absolute Gasteiger partial charge is 0.236 e. The van der Waals surface area contributed by atoms with Crippen LogP contribution in [0.1, 0.15) is 5.69 Å². The van der Waals surface area contributed by atoms with Crippen LogP contribution in [0.3, 0.4) is 0 Å². The van der Waals surface area contributed by atoms with Crippen molar-refractivity contribution in [1.29, 1.82) is 0 Å². The molecule has 3 aromatic rings. The number of carbonyl (C=O) groups excluding carboxylic acids is 1. The molecule has 3 heterocycles. The van der Waals surface area contributed by atoms with Crippen LogP contribution in [-0.4, -0.2) is 52.8 Å².